The summed E-state index contributed by atoms with van der Waals surface area (Å²) >= 11 is 2.79. The molecule has 1 amide bonds. The van der Waals surface area contributed by atoms with Crippen LogP contribution in [-0.2, 0) is 6.18 Å². The van der Waals surface area contributed by atoms with Gasteiger partial charge in [0.25, 0.3) is 5.91 Å². The Balaban J connectivity index is 3.02. The van der Waals surface area contributed by atoms with E-state index in [0.717, 1.165) is 6.07 Å². The smallest absolute Gasteiger partial charge is 0.394 e. The number of carbonyl (C=O) groups excluding carboxylic acids is 1. The molecule has 0 aliphatic carbocycles. The zero-order valence-corrected chi connectivity index (χ0v) is 11.0. The van der Waals surface area contributed by atoms with E-state index in [-0.39, 0.29) is 16.6 Å². The molecule has 2 N–H and O–H groups in total. The molecule has 0 radical (unpaired) electrons. The molecular formula is C11H11BrF3NO2. The van der Waals surface area contributed by atoms with Crippen LogP contribution < -0.4 is 5.32 Å². The van der Waals surface area contributed by atoms with Gasteiger partial charge in [0.15, 0.2) is 0 Å². The van der Waals surface area contributed by atoms with Crippen molar-refractivity contribution in [2.75, 3.05) is 6.61 Å². The maximum absolute atomic E-state index is 12.6. The van der Waals surface area contributed by atoms with Gasteiger partial charge in [0.1, 0.15) is 0 Å². The third kappa shape index (κ3) is 3.71. The van der Waals surface area contributed by atoms with Crippen molar-refractivity contribution in [3.8, 4) is 0 Å². The van der Waals surface area contributed by atoms with Crippen LogP contribution in [0.2, 0.25) is 0 Å². The normalized spacial score (nSPS) is 13.2. The topological polar surface area (TPSA) is 49.3 Å². The van der Waals surface area contributed by atoms with Crippen molar-refractivity contribution in [3.63, 3.8) is 0 Å². The summed E-state index contributed by atoms with van der Waals surface area (Å²) in [5.41, 5.74) is -1.02. The van der Waals surface area contributed by atoms with E-state index in [4.69, 9.17) is 5.11 Å². The molecule has 0 saturated carbocycles. The number of alkyl halides is 3. The number of aliphatic hydroxyl groups excluding tert-OH is 1. The molecule has 0 unspecified atom stereocenters. The molecular weight excluding hydrogens is 315 g/mol. The molecule has 100 valence electrons. The van der Waals surface area contributed by atoms with E-state index in [9.17, 15) is 18.0 Å². The van der Waals surface area contributed by atoms with Crippen LogP contribution in [0.15, 0.2) is 22.7 Å². The van der Waals surface area contributed by atoms with Crippen LogP contribution in [0.4, 0.5) is 13.2 Å². The first-order valence-corrected chi connectivity index (χ1v) is 5.83. The van der Waals surface area contributed by atoms with Crippen LogP contribution >= 0.6 is 15.9 Å². The number of nitrogens with one attached hydrogen (secondary N) is 1. The van der Waals surface area contributed by atoms with Gasteiger partial charge >= 0.3 is 6.18 Å². The highest BCUT2D eigenvalue weighted by Gasteiger charge is 2.33. The molecule has 0 aromatic heterocycles. The summed E-state index contributed by atoms with van der Waals surface area (Å²) in [4.78, 5) is 11.6. The third-order valence-corrected chi connectivity index (χ3v) is 2.88. The molecule has 3 nitrogen and oxygen atoms in total. The number of carbonyl (C=O) groups is 1. The van der Waals surface area contributed by atoms with Crippen molar-refractivity contribution in [3.05, 3.63) is 33.8 Å². The van der Waals surface area contributed by atoms with Crippen LogP contribution in [-0.4, -0.2) is 23.7 Å². The predicted octanol–water partition coefficient (Wildman–Crippen LogP) is 2.58. The highest BCUT2D eigenvalue weighted by molar-refractivity contribution is 9.10. The Hall–Kier alpha value is -1.08. The van der Waals surface area contributed by atoms with Gasteiger partial charge in [0.2, 0.25) is 0 Å². The van der Waals surface area contributed by atoms with Gasteiger partial charge in [-0.3, -0.25) is 4.79 Å². The Morgan fingerprint density at radius 1 is 1.50 bits per heavy atom. The van der Waals surface area contributed by atoms with Gasteiger partial charge < -0.3 is 10.4 Å². The number of amides is 1. The number of hydrogen-bond acceptors (Lipinski definition) is 2. The minimum atomic E-state index is -4.53. The summed E-state index contributed by atoms with van der Waals surface area (Å²) in [5, 5.41) is 11.1. The molecule has 1 atom stereocenters. The molecule has 18 heavy (non-hydrogen) atoms. The fourth-order valence-corrected chi connectivity index (χ4v) is 1.71. The molecule has 1 rings (SSSR count). The second-order valence-corrected chi connectivity index (χ2v) is 4.60. The highest BCUT2D eigenvalue weighted by Crippen LogP contribution is 2.35. The van der Waals surface area contributed by atoms with Crippen molar-refractivity contribution >= 4 is 21.8 Å². The third-order valence-electron chi connectivity index (χ3n) is 2.19. The van der Waals surface area contributed by atoms with Crippen molar-refractivity contribution in [1.82, 2.24) is 5.32 Å². The standard InChI is InChI=1S/C11H11BrF3NO2/c1-6(5-17)16-10(18)7-2-3-9(12)8(4-7)11(13,14)15/h2-4,6,17H,5H2,1H3,(H,16,18)/t6-/m0/s1. The van der Waals surface area contributed by atoms with Gasteiger partial charge in [-0.2, -0.15) is 13.2 Å². The molecule has 7 heteroatoms. The Morgan fingerprint density at radius 2 is 2.11 bits per heavy atom. The second-order valence-electron chi connectivity index (χ2n) is 3.75. The van der Waals surface area contributed by atoms with Crippen LogP contribution in [0.3, 0.4) is 0 Å². The zero-order valence-electron chi connectivity index (χ0n) is 9.38. The van der Waals surface area contributed by atoms with Crippen LogP contribution in [0, 0.1) is 0 Å². The molecule has 0 aliphatic rings. The Morgan fingerprint density at radius 3 is 2.61 bits per heavy atom. The average Bonchev–Trinajstić information content (AvgIpc) is 2.27. The predicted molar refractivity (Wildman–Crippen MR) is 63.2 cm³/mol. The van der Waals surface area contributed by atoms with E-state index in [1.54, 1.807) is 6.92 Å². The lowest BCUT2D eigenvalue weighted by Gasteiger charge is -2.13. The largest absolute Gasteiger partial charge is 0.417 e. The molecule has 0 spiro atoms. The SMILES string of the molecule is C[C@@H](CO)NC(=O)c1ccc(Br)c(C(F)(F)F)c1. The quantitative estimate of drug-likeness (QED) is 0.897. The lowest BCUT2D eigenvalue weighted by atomic mass is 10.1. The zero-order chi connectivity index (χ0) is 13.9. The summed E-state index contributed by atoms with van der Waals surface area (Å²) in [6.45, 7) is 1.26. The van der Waals surface area contributed by atoms with E-state index >= 15 is 0 Å². The van der Waals surface area contributed by atoms with Gasteiger partial charge in [-0.15, -0.1) is 0 Å². The lowest BCUT2D eigenvalue weighted by molar-refractivity contribution is -0.138. The monoisotopic (exact) mass is 325 g/mol. The fraction of sp³-hybridized carbons (Fsp3) is 0.364. The molecule has 0 heterocycles. The number of rotatable bonds is 3. The first-order chi connectivity index (χ1) is 8.25. The second kappa shape index (κ2) is 5.71. The summed E-state index contributed by atoms with van der Waals surface area (Å²) in [7, 11) is 0. The number of halogens is 4. The van der Waals surface area contributed by atoms with E-state index in [0.29, 0.717) is 0 Å². The molecule has 0 bridgehead atoms. The summed E-state index contributed by atoms with van der Waals surface area (Å²) in [5.74, 6) is -0.658. The van der Waals surface area contributed by atoms with Crippen LogP contribution in [0.25, 0.3) is 0 Å². The fourth-order valence-electron chi connectivity index (χ4n) is 1.24. The van der Waals surface area contributed by atoms with Crippen LogP contribution in [0.5, 0.6) is 0 Å². The summed E-state index contributed by atoms with van der Waals surface area (Å²) in [6.07, 6.45) is -4.53. The Bertz CT molecular complexity index is 448. The number of aliphatic hydroxyl groups is 1. The molecule has 0 fully saturated rings. The maximum atomic E-state index is 12.6. The first kappa shape index (κ1) is 15.0. The van der Waals surface area contributed by atoms with E-state index in [1.807, 2.05) is 0 Å². The Kier molecular flexibility index (Phi) is 4.75. The highest BCUT2D eigenvalue weighted by atomic mass is 79.9. The Labute approximate surface area is 110 Å². The lowest BCUT2D eigenvalue weighted by Crippen LogP contribution is -2.35. The van der Waals surface area contributed by atoms with Gasteiger partial charge in [-0.25, -0.2) is 0 Å². The van der Waals surface area contributed by atoms with E-state index < -0.39 is 23.7 Å². The van der Waals surface area contributed by atoms with Gasteiger partial charge in [0.05, 0.1) is 12.2 Å². The average molecular weight is 326 g/mol. The molecule has 0 saturated heterocycles. The van der Waals surface area contributed by atoms with Crippen molar-refractivity contribution in [2.45, 2.75) is 19.1 Å². The van der Waals surface area contributed by atoms with Crippen LogP contribution in [0.1, 0.15) is 22.8 Å². The van der Waals surface area contributed by atoms with Gasteiger partial charge in [-0.05, 0) is 25.1 Å². The molecule has 0 aliphatic heterocycles. The van der Waals surface area contributed by atoms with E-state index in [2.05, 4.69) is 21.2 Å². The minimum absolute atomic E-state index is 0.106. The van der Waals surface area contributed by atoms with Gasteiger partial charge in [-0.1, -0.05) is 15.9 Å². The molecule has 1 aromatic carbocycles. The number of benzene rings is 1. The van der Waals surface area contributed by atoms with E-state index in [1.165, 1.54) is 12.1 Å². The minimum Gasteiger partial charge on any atom is -0.394 e. The summed E-state index contributed by atoms with van der Waals surface area (Å²) < 4.78 is 37.7. The van der Waals surface area contributed by atoms with Crippen molar-refractivity contribution in [1.29, 1.82) is 0 Å². The summed E-state index contributed by atoms with van der Waals surface area (Å²) in [6, 6.07) is 2.69. The van der Waals surface area contributed by atoms with Gasteiger partial charge in [0, 0.05) is 16.1 Å². The number of hydrogen-bond donors (Lipinski definition) is 2. The van der Waals surface area contributed by atoms with Crippen molar-refractivity contribution in [2.24, 2.45) is 0 Å². The first-order valence-electron chi connectivity index (χ1n) is 5.04. The molecule has 1 aromatic rings. The van der Waals surface area contributed by atoms with Crippen molar-refractivity contribution < 1.29 is 23.1 Å². The maximum Gasteiger partial charge on any atom is 0.417 e.